The van der Waals surface area contributed by atoms with Crippen LogP contribution in [0.3, 0.4) is 0 Å². The maximum atomic E-state index is 6.09. The maximum absolute atomic E-state index is 6.09. The number of hydrogen-bond donors (Lipinski definition) is 1. The molecule has 2 heterocycles. The molecule has 4 nitrogen and oxygen atoms in total. The second kappa shape index (κ2) is 7.07. The van der Waals surface area contributed by atoms with Crippen LogP contribution in [-0.4, -0.2) is 56.9 Å². The smallest absolute Gasteiger partial charge is 0.124 e. The summed E-state index contributed by atoms with van der Waals surface area (Å²) >= 11 is 0. The Kier molecular flexibility index (Phi) is 4.90. The van der Waals surface area contributed by atoms with E-state index in [1.807, 2.05) is 0 Å². The number of hydrogen-bond acceptors (Lipinski definition) is 4. The highest BCUT2D eigenvalue weighted by atomic mass is 16.5. The monoisotopic (exact) mass is 276 g/mol. The summed E-state index contributed by atoms with van der Waals surface area (Å²) in [5.41, 5.74) is 1.32. The Morgan fingerprint density at radius 2 is 2.10 bits per heavy atom. The number of piperazine rings is 1. The molecular formula is C16H24N2O2. The third kappa shape index (κ3) is 3.72. The first-order chi connectivity index (χ1) is 9.92. The molecule has 1 atom stereocenters. The van der Waals surface area contributed by atoms with Gasteiger partial charge in [-0.3, -0.25) is 0 Å². The van der Waals surface area contributed by atoms with E-state index in [0.29, 0.717) is 0 Å². The van der Waals surface area contributed by atoms with Crippen molar-refractivity contribution in [1.82, 2.24) is 10.2 Å². The minimum Gasteiger partial charge on any atom is -0.488 e. The molecule has 2 fully saturated rings. The second-order valence-electron chi connectivity index (χ2n) is 5.55. The standard InChI is InChI=1S/C16H24N2O2/c1-2-4-16(20-15-6-12-19-13-15)14(3-1)5-9-18-10-7-17-8-11-18/h1-4,15,17H,5-13H2. The van der Waals surface area contributed by atoms with Crippen molar-refractivity contribution in [3.05, 3.63) is 29.8 Å². The highest BCUT2D eigenvalue weighted by Gasteiger charge is 2.18. The van der Waals surface area contributed by atoms with Gasteiger partial charge in [-0.2, -0.15) is 0 Å². The van der Waals surface area contributed by atoms with Crippen molar-refractivity contribution >= 4 is 0 Å². The van der Waals surface area contributed by atoms with Gasteiger partial charge in [0.25, 0.3) is 0 Å². The van der Waals surface area contributed by atoms with Crippen LogP contribution in [0.15, 0.2) is 24.3 Å². The van der Waals surface area contributed by atoms with Crippen LogP contribution in [0.5, 0.6) is 5.75 Å². The van der Waals surface area contributed by atoms with Gasteiger partial charge in [0.05, 0.1) is 13.2 Å². The number of nitrogens with zero attached hydrogens (tertiary/aromatic N) is 1. The van der Waals surface area contributed by atoms with Gasteiger partial charge in [0, 0.05) is 39.1 Å². The number of ether oxygens (including phenoxy) is 2. The summed E-state index contributed by atoms with van der Waals surface area (Å²) in [6, 6.07) is 8.43. The molecule has 0 aliphatic carbocycles. The molecule has 0 spiro atoms. The van der Waals surface area contributed by atoms with E-state index in [2.05, 4.69) is 34.5 Å². The first-order valence-electron chi connectivity index (χ1n) is 7.67. The van der Waals surface area contributed by atoms with Crippen LogP contribution >= 0.6 is 0 Å². The fraction of sp³-hybridized carbons (Fsp3) is 0.625. The maximum Gasteiger partial charge on any atom is 0.124 e. The molecule has 0 saturated carbocycles. The molecule has 2 aliphatic rings. The molecule has 0 amide bonds. The zero-order valence-electron chi connectivity index (χ0n) is 12.0. The number of benzene rings is 1. The fourth-order valence-corrected chi connectivity index (χ4v) is 2.82. The van der Waals surface area contributed by atoms with Crippen LogP contribution < -0.4 is 10.1 Å². The van der Waals surface area contributed by atoms with E-state index in [0.717, 1.165) is 64.5 Å². The molecule has 2 saturated heterocycles. The lowest BCUT2D eigenvalue weighted by molar-refractivity contribution is 0.140. The molecule has 1 aromatic rings. The van der Waals surface area contributed by atoms with Gasteiger partial charge in [0.1, 0.15) is 11.9 Å². The Morgan fingerprint density at radius 3 is 2.90 bits per heavy atom. The largest absolute Gasteiger partial charge is 0.488 e. The predicted octanol–water partition coefficient (Wildman–Crippen LogP) is 1.30. The topological polar surface area (TPSA) is 33.7 Å². The van der Waals surface area contributed by atoms with E-state index in [1.54, 1.807) is 0 Å². The van der Waals surface area contributed by atoms with Gasteiger partial charge >= 0.3 is 0 Å². The molecule has 3 rings (SSSR count). The Labute approximate surface area is 121 Å². The molecule has 2 aliphatic heterocycles. The van der Waals surface area contributed by atoms with Crippen LogP contribution in [0.25, 0.3) is 0 Å². The van der Waals surface area contributed by atoms with Crippen molar-refractivity contribution in [1.29, 1.82) is 0 Å². The Hall–Kier alpha value is -1.10. The minimum absolute atomic E-state index is 0.232. The first-order valence-corrected chi connectivity index (χ1v) is 7.67. The summed E-state index contributed by atoms with van der Waals surface area (Å²) in [6.45, 7) is 7.19. The van der Waals surface area contributed by atoms with Gasteiger partial charge in [0.2, 0.25) is 0 Å². The van der Waals surface area contributed by atoms with Crippen LogP contribution in [0, 0.1) is 0 Å². The highest BCUT2D eigenvalue weighted by molar-refractivity contribution is 5.33. The fourth-order valence-electron chi connectivity index (χ4n) is 2.82. The summed E-state index contributed by atoms with van der Waals surface area (Å²) in [4.78, 5) is 2.52. The van der Waals surface area contributed by atoms with Crippen LogP contribution in [0.4, 0.5) is 0 Å². The summed E-state index contributed by atoms with van der Waals surface area (Å²) in [7, 11) is 0. The summed E-state index contributed by atoms with van der Waals surface area (Å²) in [6.07, 6.45) is 2.30. The van der Waals surface area contributed by atoms with Gasteiger partial charge < -0.3 is 19.7 Å². The highest BCUT2D eigenvalue weighted by Crippen LogP contribution is 2.22. The second-order valence-corrected chi connectivity index (χ2v) is 5.55. The molecule has 0 radical (unpaired) electrons. The van der Waals surface area contributed by atoms with Crippen molar-refractivity contribution in [3.63, 3.8) is 0 Å². The van der Waals surface area contributed by atoms with Gasteiger partial charge in [-0.25, -0.2) is 0 Å². The zero-order chi connectivity index (χ0) is 13.6. The third-order valence-corrected chi connectivity index (χ3v) is 4.06. The van der Waals surface area contributed by atoms with Crippen molar-refractivity contribution in [2.75, 3.05) is 45.9 Å². The van der Waals surface area contributed by atoms with Crippen molar-refractivity contribution < 1.29 is 9.47 Å². The third-order valence-electron chi connectivity index (χ3n) is 4.06. The van der Waals surface area contributed by atoms with Crippen LogP contribution in [-0.2, 0) is 11.2 Å². The SMILES string of the molecule is c1ccc(OC2CCOC2)c(CCN2CCNCC2)c1. The van der Waals surface area contributed by atoms with E-state index in [9.17, 15) is 0 Å². The Morgan fingerprint density at radius 1 is 1.25 bits per heavy atom. The van der Waals surface area contributed by atoms with E-state index >= 15 is 0 Å². The van der Waals surface area contributed by atoms with E-state index in [4.69, 9.17) is 9.47 Å². The molecule has 1 aromatic carbocycles. The Bertz CT molecular complexity index is 413. The van der Waals surface area contributed by atoms with E-state index < -0.39 is 0 Å². The molecule has 4 heteroatoms. The van der Waals surface area contributed by atoms with Crippen molar-refractivity contribution in [2.45, 2.75) is 18.9 Å². The zero-order valence-corrected chi connectivity index (χ0v) is 12.0. The van der Waals surface area contributed by atoms with Crippen LogP contribution in [0.2, 0.25) is 0 Å². The molecule has 0 aromatic heterocycles. The lowest BCUT2D eigenvalue weighted by atomic mass is 10.1. The average molecular weight is 276 g/mol. The van der Waals surface area contributed by atoms with Gasteiger partial charge in [-0.05, 0) is 18.1 Å². The van der Waals surface area contributed by atoms with Gasteiger partial charge in [0.15, 0.2) is 0 Å². The molecule has 0 bridgehead atoms. The van der Waals surface area contributed by atoms with E-state index in [-0.39, 0.29) is 6.10 Å². The average Bonchev–Trinajstić information content (AvgIpc) is 3.00. The molecule has 20 heavy (non-hydrogen) atoms. The van der Waals surface area contributed by atoms with Gasteiger partial charge in [-0.15, -0.1) is 0 Å². The summed E-state index contributed by atoms with van der Waals surface area (Å²) in [5.74, 6) is 1.04. The summed E-state index contributed by atoms with van der Waals surface area (Å²) in [5, 5.41) is 3.39. The Balaban J connectivity index is 1.57. The van der Waals surface area contributed by atoms with Gasteiger partial charge in [-0.1, -0.05) is 18.2 Å². The van der Waals surface area contributed by atoms with Crippen LogP contribution in [0.1, 0.15) is 12.0 Å². The van der Waals surface area contributed by atoms with Crippen molar-refractivity contribution in [3.8, 4) is 5.75 Å². The molecule has 110 valence electrons. The quantitative estimate of drug-likeness (QED) is 0.879. The molecule has 1 unspecified atom stereocenters. The minimum atomic E-state index is 0.232. The van der Waals surface area contributed by atoms with Crippen molar-refractivity contribution in [2.24, 2.45) is 0 Å². The lowest BCUT2D eigenvalue weighted by Gasteiger charge is -2.27. The normalized spacial score (nSPS) is 23.9. The summed E-state index contributed by atoms with van der Waals surface area (Å²) < 4.78 is 11.5. The predicted molar refractivity (Wildman–Crippen MR) is 79.3 cm³/mol. The number of para-hydroxylation sites is 1. The molecular weight excluding hydrogens is 252 g/mol. The number of nitrogens with one attached hydrogen (secondary N) is 1. The number of rotatable bonds is 5. The first kappa shape index (κ1) is 13.9. The van der Waals surface area contributed by atoms with E-state index in [1.165, 1.54) is 5.56 Å². The lowest BCUT2D eigenvalue weighted by Crippen LogP contribution is -2.44. The molecule has 1 N–H and O–H groups in total.